The summed E-state index contributed by atoms with van der Waals surface area (Å²) in [4.78, 5) is 0. The van der Waals surface area contributed by atoms with Gasteiger partial charge in [0.25, 0.3) is 0 Å². The van der Waals surface area contributed by atoms with Crippen LogP contribution in [0, 0.1) is 83.5 Å². The summed E-state index contributed by atoms with van der Waals surface area (Å²) in [6.07, 6.45) is 0. The molecule has 22 heavy (non-hydrogen) atoms. The standard InChI is InChI=1S/2Ce.4Mo.2H2O.14O/h;;;;;;2*1H2;;;;;;;;;;;;;;/q2*+3;;;;+2;;;;;;;;;;;6*-1/p-2. The van der Waals surface area contributed by atoms with Gasteiger partial charge in [-0.1, -0.05) is 0 Å². The van der Waals surface area contributed by atoms with Crippen molar-refractivity contribution < 1.29 is 208 Å². The van der Waals surface area contributed by atoms with Crippen molar-refractivity contribution >= 4 is 0 Å². The average Bonchev–Trinajstić information content (AvgIpc) is 1.62. The second-order valence-electron chi connectivity index (χ2n) is 1.67. The zero-order chi connectivity index (χ0) is 18.0. The van der Waals surface area contributed by atoms with Gasteiger partial charge < -0.3 is 0 Å². The van der Waals surface area contributed by atoms with Crippen molar-refractivity contribution in [2.75, 3.05) is 0 Å². The van der Waals surface area contributed by atoms with Crippen molar-refractivity contribution in [1.82, 2.24) is 0 Å². The van der Waals surface area contributed by atoms with Gasteiger partial charge in [-0.05, 0) is 0 Å². The van der Waals surface area contributed by atoms with Crippen molar-refractivity contribution in [2.24, 2.45) is 0 Å². The summed E-state index contributed by atoms with van der Waals surface area (Å²) in [6, 6.07) is 0. The van der Waals surface area contributed by atoms with Gasteiger partial charge in [-0.15, -0.1) is 0 Å². The van der Waals surface area contributed by atoms with Gasteiger partial charge in [0, 0.05) is 0 Å². The summed E-state index contributed by atoms with van der Waals surface area (Å²) in [5.74, 6) is 0. The van der Waals surface area contributed by atoms with Gasteiger partial charge in [0.2, 0.25) is 0 Å². The summed E-state index contributed by atoms with van der Waals surface area (Å²) >= 11 is -23.6. The molecule has 0 aliphatic heterocycles. The molecule has 0 amide bonds. The third-order valence-electron chi connectivity index (χ3n) is 0. The molecule has 0 fully saturated rings. The van der Waals surface area contributed by atoms with Crippen LogP contribution in [-0.2, 0) is 94.2 Å². The van der Waals surface area contributed by atoms with E-state index in [9.17, 15) is 0 Å². The fourth-order valence-electron chi connectivity index (χ4n) is 0. The maximum atomic E-state index is 8.85. The molecule has 0 spiro atoms. The number of hydrogen-bond acceptors (Lipinski definition) is 14. The summed E-state index contributed by atoms with van der Waals surface area (Å²) in [6.45, 7) is 0. The quantitative estimate of drug-likeness (QED) is 0.213. The monoisotopic (exact) mass is 929 g/mol. The van der Waals surface area contributed by atoms with Crippen molar-refractivity contribution in [1.29, 1.82) is 0 Å². The minimum absolute atomic E-state index is 0. The van der Waals surface area contributed by atoms with Crippen LogP contribution in [0.1, 0.15) is 0 Å². The van der Waals surface area contributed by atoms with E-state index in [2.05, 4.69) is 0 Å². The molecule has 0 aliphatic carbocycles. The van der Waals surface area contributed by atoms with E-state index < -0.39 is 67.0 Å². The first-order chi connectivity index (χ1) is 8.00. The molecule has 2 radical (unpaired) electrons. The van der Waals surface area contributed by atoms with Gasteiger partial charge in [-0.3, -0.25) is 0 Å². The topological polar surface area (TPSA) is 315 Å². The third-order valence-corrected chi connectivity index (χ3v) is 0. The third kappa shape index (κ3) is 935. The van der Waals surface area contributed by atoms with Gasteiger partial charge in [0.05, 0.1) is 0 Å². The van der Waals surface area contributed by atoms with Crippen LogP contribution < -0.4 is 22.6 Å². The molecule has 0 unspecified atom stereocenters. The predicted octanol–water partition coefficient (Wildman–Crippen LogP) is -9.21. The van der Waals surface area contributed by atoms with Gasteiger partial charge >= 0.3 is 208 Å². The molecule has 0 aromatic rings. The Balaban J connectivity index is -0.0000000376. The zero-order valence-corrected chi connectivity index (χ0v) is 23.6. The second kappa shape index (κ2) is 18.0. The summed E-state index contributed by atoms with van der Waals surface area (Å²) < 4.78 is 136. The van der Waals surface area contributed by atoms with Crippen molar-refractivity contribution in [2.45, 2.75) is 0 Å². The minimum atomic E-state index is -6.02. The van der Waals surface area contributed by atoms with Crippen molar-refractivity contribution in [3.05, 3.63) is 0 Å². The Labute approximate surface area is 203 Å². The Morgan fingerprint density at radius 3 is 0.455 bits per heavy atom. The van der Waals surface area contributed by atoms with Crippen LogP contribution in [0.15, 0.2) is 0 Å². The molecule has 2 N–H and O–H groups in total. The first kappa shape index (κ1) is 40.3. The van der Waals surface area contributed by atoms with E-state index in [1.54, 1.807) is 0 Å². The van der Waals surface area contributed by atoms with Gasteiger partial charge in [0.1, 0.15) is 0 Å². The molecule has 0 bridgehead atoms. The molecule has 0 saturated carbocycles. The van der Waals surface area contributed by atoms with Crippen molar-refractivity contribution in [3.8, 4) is 0 Å². The zero-order valence-electron chi connectivity index (χ0n) is 9.24. The Morgan fingerprint density at radius 2 is 0.455 bits per heavy atom. The van der Waals surface area contributed by atoms with Crippen LogP contribution in [0.5, 0.6) is 0 Å². The molecule has 0 aromatic heterocycles. The molecule has 16 nitrogen and oxygen atoms in total. The number of rotatable bonds is 0. The van der Waals surface area contributed by atoms with E-state index in [4.69, 9.17) is 57.3 Å². The molecule has 0 rings (SSSR count). The van der Waals surface area contributed by atoms with Crippen LogP contribution in [0.3, 0.4) is 0 Å². The van der Waals surface area contributed by atoms with Crippen LogP contribution >= 0.6 is 0 Å². The molecular weight excluding hydrogens is 920 g/mol. The molecule has 130 valence electrons. The van der Waals surface area contributed by atoms with Gasteiger partial charge in [-0.25, -0.2) is 0 Å². The van der Waals surface area contributed by atoms with E-state index in [0.717, 1.165) is 0 Å². The molecule has 0 heterocycles. The number of hydrogen-bond donors (Lipinski definition) is 2. The molecule has 22 heteroatoms. The SMILES string of the molecule is [Ce+3].[Ce+3].[O]=[Mo](=[O])([O-])[O-].[O]=[Mo](=[O])([O-])[O-].[O]=[Mo](=[O])([O-])[O-].[O]=[Mo](=[O])([OH])[OH]. The summed E-state index contributed by atoms with van der Waals surface area (Å²) in [5, 5.41) is 0. The van der Waals surface area contributed by atoms with E-state index >= 15 is 0 Å². The van der Waals surface area contributed by atoms with Crippen LogP contribution in [-0.4, -0.2) is 7.52 Å². The van der Waals surface area contributed by atoms with E-state index in [1.165, 1.54) is 0 Å². The first-order valence-electron chi connectivity index (χ1n) is 2.70. The summed E-state index contributed by atoms with van der Waals surface area (Å²) in [7, 11) is 0. The van der Waals surface area contributed by atoms with Crippen LogP contribution in [0.25, 0.3) is 0 Å². The fourth-order valence-corrected chi connectivity index (χ4v) is 0. The second-order valence-corrected chi connectivity index (χ2v) is 9.90. The molecular formula is H2Ce2Mo4O16. The van der Waals surface area contributed by atoms with Crippen molar-refractivity contribution in [3.63, 3.8) is 0 Å². The van der Waals surface area contributed by atoms with Gasteiger partial charge in [-0.2, -0.15) is 0 Å². The van der Waals surface area contributed by atoms with E-state index in [1.807, 2.05) is 0 Å². The maximum absolute atomic E-state index is 8.85. The Morgan fingerprint density at radius 1 is 0.455 bits per heavy atom. The molecule has 0 aliphatic rings. The molecule has 0 aromatic carbocycles. The van der Waals surface area contributed by atoms with E-state index in [-0.39, 0.29) is 83.5 Å². The molecule has 0 atom stereocenters. The fraction of sp³-hybridized carbons (Fsp3) is 0. The first-order valence-corrected chi connectivity index (χ1v) is 16.0. The average molecular weight is 922 g/mol. The van der Waals surface area contributed by atoms with Crippen LogP contribution in [0.4, 0.5) is 0 Å². The Bertz CT molecular complexity index is 477. The molecule has 0 saturated heterocycles. The summed E-state index contributed by atoms with van der Waals surface area (Å²) in [5.41, 5.74) is 0. The Kier molecular flexibility index (Phi) is 32.9. The van der Waals surface area contributed by atoms with Gasteiger partial charge in [0.15, 0.2) is 0 Å². The Hall–Kier alpha value is 3.59. The normalized spacial score (nSPS) is 10.5. The van der Waals surface area contributed by atoms with Crippen LogP contribution in [0.2, 0.25) is 0 Å². The predicted molar refractivity (Wildman–Crippen MR) is 9.93 cm³/mol. The van der Waals surface area contributed by atoms with E-state index in [0.29, 0.717) is 0 Å².